The molecule has 2 aromatic rings. The Morgan fingerprint density at radius 1 is 0.913 bits per heavy atom. The summed E-state index contributed by atoms with van der Waals surface area (Å²) in [6, 6.07) is 14.0. The van der Waals surface area contributed by atoms with E-state index in [0.717, 1.165) is 5.56 Å². The van der Waals surface area contributed by atoms with E-state index >= 15 is 0 Å². The molecule has 2 amide bonds. The number of hydrogen-bond acceptors (Lipinski definition) is 3. The number of ether oxygens (including phenoxy) is 1. The number of benzene rings is 2. The summed E-state index contributed by atoms with van der Waals surface area (Å²) in [4.78, 5) is 24.2. The van der Waals surface area contributed by atoms with E-state index in [1.807, 2.05) is 32.9 Å². The first-order chi connectivity index (χ1) is 11.0. The second-order valence-corrected chi connectivity index (χ2v) is 5.44. The molecular formula is C18H20N2O3. The maximum Gasteiger partial charge on any atom is 0.273 e. The average Bonchev–Trinajstić information content (AvgIpc) is 2.53. The molecule has 0 heterocycles. The lowest BCUT2D eigenvalue weighted by Gasteiger charge is -2.14. The largest absolute Gasteiger partial charge is 0.490 e. The van der Waals surface area contributed by atoms with Crippen molar-refractivity contribution in [1.82, 2.24) is 10.9 Å². The molecule has 0 aliphatic heterocycles. The summed E-state index contributed by atoms with van der Waals surface area (Å²) in [7, 11) is 0. The van der Waals surface area contributed by atoms with Crippen LogP contribution in [0.1, 0.15) is 40.1 Å². The van der Waals surface area contributed by atoms with Gasteiger partial charge in [-0.25, -0.2) is 0 Å². The van der Waals surface area contributed by atoms with Crippen LogP contribution in [0.2, 0.25) is 0 Å². The van der Waals surface area contributed by atoms with Crippen molar-refractivity contribution in [1.29, 1.82) is 0 Å². The van der Waals surface area contributed by atoms with Gasteiger partial charge in [-0.3, -0.25) is 20.4 Å². The molecule has 0 aromatic heterocycles. The van der Waals surface area contributed by atoms with Crippen molar-refractivity contribution in [2.45, 2.75) is 26.9 Å². The minimum Gasteiger partial charge on any atom is -0.490 e. The van der Waals surface area contributed by atoms with Crippen LogP contribution in [0.25, 0.3) is 0 Å². The predicted molar refractivity (Wildman–Crippen MR) is 88.3 cm³/mol. The van der Waals surface area contributed by atoms with Crippen molar-refractivity contribution < 1.29 is 14.3 Å². The molecule has 0 radical (unpaired) electrons. The first-order valence-electron chi connectivity index (χ1n) is 7.40. The normalized spacial score (nSPS) is 10.3. The van der Waals surface area contributed by atoms with Gasteiger partial charge in [0, 0.05) is 5.56 Å². The van der Waals surface area contributed by atoms with Crippen LogP contribution in [0.5, 0.6) is 5.75 Å². The number of carbonyl (C=O) groups is 2. The monoisotopic (exact) mass is 312 g/mol. The van der Waals surface area contributed by atoms with E-state index in [9.17, 15) is 9.59 Å². The van der Waals surface area contributed by atoms with Gasteiger partial charge in [-0.15, -0.1) is 0 Å². The third-order valence-electron chi connectivity index (χ3n) is 3.10. The molecule has 0 aliphatic carbocycles. The number of carbonyl (C=O) groups excluding carboxylic acids is 2. The third kappa shape index (κ3) is 4.57. The zero-order valence-electron chi connectivity index (χ0n) is 13.4. The molecule has 5 nitrogen and oxygen atoms in total. The Hall–Kier alpha value is -2.82. The third-order valence-corrected chi connectivity index (χ3v) is 3.10. The number of rotatable bonds is 4. The molecule has 0 aliphatic rings. The van der Waals surface area contributed by atoms with Crippen LogP contribution in [0, 0.1) is 6.92 Å². The van der Waals surface area contributed by atoms with Crippen molar-refractivity contribution >= 4 is 11.8 Å². The molecule has 23 heavy (non-hydrogen) atoms. The van der Waals surface area contributed by atoms with E-state index in [2.05, 4.69) is 10.9 Å². The van der Waals surface area contributed by atoms with E-state index in [4.69, 9.17) is 4.74 Å². The highest BCUT2D eigenvalue weighted by molar-refractivity contribution is 6.00. The lowest BCUT2D eigenvalue weighted by molar-refractivity contribution is 0.0843. The van der Waals surface area contributed by atoms with Crippen LogP contribution < -0.4 is 15.6 Å². The summed E-state index contributed by atoms with van der Waals surface area (Å²) in [5.41, 5.74) is 6.71. The Bertz CT molecular complexity index is 694. The fraction of sp³-hybridized carbons (Fsp3) is 0.222. The molecule has 120 valence electrons. The molecule has 2 rings (SSSR count). The van der Waals surface area contributed by atoms with Crippen molar-refractivity contribution in [3.05, 3.63) is 65.2 Å². The van der Waals surface area contributed by atoms with Crippen LogP contribution in [-0.2, 0) is 0 Å². The lowest BCUT2D eigenvalue weighted by Crippen LogP contribution is -2.41. The maximum absolute atomic E-state index is 12.2. The van der Waals surface area contributed by atoms with Gasteiger partial charge in [-0.2, -0.15) is 0 Å². The van der Waals surface area contributed by atoms with Crippen LogP contribution >= 0.6 is 0 Å². The molecule has 0 unspecified atom stereocenters. The summed E-state index contributed by atoms with van der Waals surface area (Å²) < 4.78 is 5.60. The van der Waals surface area contributed by atoms with Gasteiger partial charge in [0.15, 0.2) is 0 Å². The first-order valence-corrected chi connectivity index (χ1v) is 7.40. The van der Waals surface area contributed by atoms with Crippen molar-refractivity contribution in [3.63, 3.8) is 0 Å². The number of nitrogens with one attached hydrogen (secondary N) is 2. The Morgan fingerprint density at radius 2 is 1.52 bits per heavy atom. The quantitative estimate of drug-likeness (QED) is 0.853. The molecule has 0 saturated carbocycles. The summed E-state index contributed by atoms with van der Waals surface area (Å²) in [5, 5.41) is 0. The predicted octanol–water partition coefficient (Wildman–Crippen LogP) is 2.86. The van der Waals surface area contributed by atoms with E-state index in [0.29, 0.717) is 16.9 Å². The Morgan fingerprint density at radius 3 is 2.17 bits per heavy atom. The van der Waals surface area contributed by atoms with E-state index in [-0.39, 0.29) is 12.0 Å². The van der Waals surface area contributed by atoms with Crippen LogP contribution in [0.3, 0.4) is 0 Å². The summed E-state index contributed by atoms with van der Waals surface area (Å²) in [5.74, 6) is -0.327. The van der Waals surface area contributed by atoms with Gasteiger partial charge >= 0.3 is 0 Å². The molecule has 0 atom stereocenters. The van der Waals surface area contributed by atoms with Gasteiger partial charge in [0.25, 0.3) is 11.8 Å². The van der Waals surface area contributed by atoms with Crippen LogP contribution in [0.4, 0.5) is 0 Å². The van der Waals surface area contributed by atoms with Gasteiger partial charge in [0.2, 0.25) is 0 Å². The second kappa shape index (κ2) is 7.45. The molecule has 5 heteroatoms. The second-order valence-electron chi connectivity index (χ2n) is 5.44. The van der Waals surface area contributed by atoms with Gasteiger partial charge in [0.1, 0.15) is 5.75 Å². The van der Waals surface area contributed by atoms with E-state index in [1.54, 1.807) is 36.4 Å². The number of hydrogen-bond donors (Lipinski definition) is 2. The topological polar surface area (TPSA) is 67.4 Å². The van der Waals surface area contributed by atoms with E-state index in [1.165, 1.54) is 0 Å². The molecule has 2 aromatic carbocycles. The van der Waals surface area contributed by atoms with E-state index < -0.39 is 5.91 Å². The van der Waals surface area contributed by atoms with Gasteiger partial charge < -0.3 is 4.74 Å². The molecule has 2 N–H and O–H groups in total. The molecule has 0 spiro atoms. The molecular weight excluding hydrogens is 292 g/mol. The Kier molecular flexibility index (Phi) is 5.36. The maximum atomic E-state index is 12.2. The van der Waals surface area contributed by atoms with Crippen molar-refractivity contribution in [2.75, 3.05) is 0 Å². The van der Waals surface area contributed by atoms with Gasteiger partial charge in [0.05, 0.1) is 11.7 Å². The smallest absolute Gasteiger partial charge is 0.273 e. The summed E-state index contributed by atoms with van der Waals surface area (Å²) >= 11 is 0. The highest BCUT2D eigenvalue weighted by Gasteiger charge is 2.14. The fourth-order valence-corrected chi connectivity index (χ4v) is 1.97. The minimum atomic E-state index is -0.429. The van der Waals surface area contributed by atoms with Gasteiger partial charge in [-0.1, -0.05) is 29.8 Å². The number of aryl methyl sites for hydroxylation is 1. The number of hydrazine groups is 1. The minimum absolute atomic E-state index is 0.0499. The Labute approximate surface area is 135 Å². The summed E-state index contributed by atoms with van der Waals surface area (Å²) in [6.07, 6.45) is -0.0499. The average molecular weight is 312 g/mol. The molecule has 0 bridgehead atoms. The highest BCUT2D eigenvalue weighted by Crippen LogP contribution is 2.19. The van der Waals surface area contributed by atoms with Crippen molar-refractivity contribution in [2.24, 2.45) is 0 Å². The zero-order chi connectivity index (χ0) is 16.8. The lowest BCUT2D eigenvalue weighted by atomic mass is 10.1. The van der Waals surface area contributed by atoms with Crippen LogP contribution in [-0.4, -0.2) is 17.9 Å². The molecule has 0 saturated heterocycles. The van der Waals surface area contributed by atoms with Crippen LogP contribution in [0.15, 0.2) is 48.5 Å². The SMILES string of the molecule is Cc1ccc(C(=O)NNC(=O)c2ccccc2OC(C)C)cc1. The number of para-hydroxylation sites is 1. The van der Waals surface area contributed by atoms with Gasteiger partial charge in [-0.05, 0) is 45.0 Å². The first kappa shape index (κ1) is 16.5. The molecule has 0 fully saturated rings. The number of amides is 2. The summed E-state index contributed by atoms with van der Waals surface area (Å²) in [6.45, 7) is 5.71. The highest BCUT2D eigenvalue weighted by atomic mass is 16.5. The zero-order valence-corrected chi connectivity index (χ0v) is 13.4. The standard InChI is InChI=1S/C18H20N2O3/c1-12(2)23-16-7-5-4-6-15(16)18(22)20-19-17(21)14-10-8-13(3)9-11-14/h4-12H,1-3H3,(H,19,21)(H,20,22). The fourth-order valence-electron chi connectivity index (χ4n) is 1.97. The van der Waals surface area contributed by atoms with Crippen molar-refractivity contribution in [3.8, 4) is 5.75 Å². The Balaban J connectivity index is 2.02.